The number of benzene rings is 2. The zero-order valence-electron chi connectivity index (χ0n) is 31.7. The molecule has 3 atom stereocenters. The summed E-state index contributed by atoms with van der Waals surface area (Å²) < 4.78 is 25.1. The number of fused-ring (bicyclic) bond motifs is 4. The van der Waals surface area contributed by atoms with Gasteiger partial charge in [-0.05, 0) is 68.2 Å². The van der Waals surface area contributed by atoms with Crippen molar-refractivity contribution in [2.24, 2.45) is 15.8 Å². The van der Waals surface area contributed by atoms with Gasteiger partial charge in [0.05, 0.1) is 74.7 Å². The molecule has 0 fully saturated rings. The van der Waals surface area contributed by atoms with E-state index in [0.29, 0.717) is 65.1 Å². The fourth-order valence-electron chi connectivity index (χ4n) is 7.44. The summed E-state index contributed by atoms with van der Waals surface area (Å²) in [5, 5.41) is 10.4. The predicted molar refractivity (Wildman–Crippen MR) is 203 cm³/mol. The van der Waals surface area contributed by atoms with E-state index in [2.05, 4.69) is 49.0 Å². The fourth-order valence-corrected chi connectivity index (χ4v) is 7.84. The molecule has 52 heavy (non-hydrogen) atoms. The number of likely N-dealkylation sites (N-methyl/N-ethyl adjacent to an activating group) is 1. The van der Waals surface area contributed by atoms with Crippen LogP contribution in [0.4, 0.5) is 11.4 Å². The van der Waals surface area contributed by atoms with Crippen LogP contribution in [0, 0.1) is 10.8 Å². The molecule has 0 saturated heterocycles. The molecule has 12 heteroatoms. The minimum Gasteiger partial charge on any atom is -0.493 e. The molecule has 4 heterocycles. The van der Waals surface area contributed by atoms with Crippen molar-refractivity contribution in [1.29, 1.82) is 0 Å². The van der Waals surface area contributed by atoms with Gasteiger partial charge in [-0.2, -0.15) is 0 Å². The molecule has 2 radical (unpaired) electrons. The first-order valence-electron chi connectivity index (χ1n) is 18.0. The van der Waals surface area contributed by atoms with Gasteiger partial charge in [0.15, 0.2) is 39.3 Å². The van der Waals surface area contributed by atoms with Crippen molar-refractivity contribution < 1.29 is 33.6 Å². The van der Waals surface area contributed by atoms with Gasteiger partial charge in [-0.25, -0.2) is 0 Å². The van der Waals surface area contributed by atoms with Gasteiger partial charge in [0, 0.05) is 31.6 Å². The SMILES string of the molecule is COc1cc2c(cc1OCCC(C)(C)CCC(C)(C)COc1cc3c(cc1OC)C(=O)N1C=C(C)CC1C=N3)N(C)C(CO)[C@@H]1C[C]([Al])=CN1C2=O. The number of carbonyl (C=O) groups excluding carboxylic acids is 2. The third kappa shape index (κ3) is 7.57. The molecule has 2 amide bonds. The largest absolute Gasteiger partial charge is 0.493 e. The number of amides is 2. The van der Waals surface area contributed by atoms with Crippen molar-refractivity contribution in [2.75, 3.05) is 46.0 Å². The molecule has 1 N–H and O–H groups in total. The average Bonchev–Trinajstić information content (AvgIpc) is 3.64. The van der Waals surface area contributed by atoms with Crippen LogP contribution in [-0.2, 0) is 0 Å². The first kappa shape index (κ1) is 37.8. The number of methoxy groups -OCH3 is 2. The molecule has 2 aromatic rings. The topological polar surface area (TPSA) is 113 Å². The summed E-state index contributed by atoms with van der Waals surface area (Å²) >= 11 is 2.69. The van der Waals surface area contributed by atoms with Crippen molar-refractivity contribution in [3.8, 4) is 23.0 Å². The number of hydrogen-bond acceptors (Lipinski definition) is 9. The predicted octanol–water partition coefficient (Wildman–Crippen LogP) is 6.25. The van der Waals surface area contributed by atoms with Gasteiger partial charge < -0.3 is 38.8 Å². The molecule has 0 spiro atoms. The Kier molecular flexibility index (Phi) is 10.8. The van der Waals surface area contributed by atoms with Gasteiger partial charge in [0.1, 0.15) is 0 Å². The molecule has 4 aliphatic heterocycles. The summed E-state index contributed by atoms with van der Waals surface area (Å²) in [6.07, 6.45) is 9.74. The molecule has 6 rings (SSSR count). The summed E-state index contributed by atoms with van der Waals surface area (Å²) in [5.41, 5.74) is 3.29. The lowest BCUT2D eigenvalue weighted by molar-refractivity contribution is 0.0758. The Morgan fingerprint density at radius 2 is 1.50 bits per heavy atom. The number of rotatable bonds is 13. The molecule has 2 unspecified atom stereocenters. The Labute approximate surface area is 315 Å². The molecular formula is C40H51AlN4O7. The minimum atomic E-state index is -0.262. The summed E-state index contributed by atoms with van der Waals surface area (Å²) in [6.45, 7) is 11.7. The Bertz CT molecular complexity index is 1820. The second kappa shape index (κ2) is 14.8. The lowest BCUT2D eigenvalue weighted by Crippen LogP contribution is -2.48. The number of anilines is 1. The Morgan fingerprint density at radius 1 is 0.846 bits per heavy atom. The van der Waals surface area contributed by atoms with Gasteiger partial charge in [-0.15, -0.1) is 4.44 Å². The highest BCUT2D eigenvalue weighted by atomic mass is 27.0. The summed E-state index contributed by atoms with van der Waals surface area (Å²) in [5.74, 6) is 1.95. The van der Waals surface area contributed by atoms with E-state index in [4.69, 9.17) is 18.9 Å². The van der Waals surface area contributed by atoms with Crippen LogP contribution in [0.2, 0.25) is 0 Å². The number of aliphatic hydroxyl groups is 1. The van der Waals surface area contributed by atoms with Gasteiger partial charge in [0.25, 0.3) is 11.8 Å². The first-order chi connectivity index (χ1) is 24.6. The van der Waals surface area contributed by atoms with Gasteiger partial charge in [-0.3, -0.25) is 14.6 Å². The van der Waals surface area contributed by atoms with Crippen molar-refractivity contribution in [1.82, 2.24) is 9.80 Å². The zero-order chi connectivity index (χ0) is 37.5. The van der Waals surface area contributed by atoms with Crippen LogP contribution in [0.15, 0.2) is 51.7 Å². The maximum atomic E-state index is 13.7. The van der Waals surface area contributed by atoms with E-state index in [1.807, 2.05) is 49.6 Å². The number of ether oxygens (including phenoxy) is 4. The number of nitrogens with zero attached hydrogens (tertiary/aromatic N) is 4. The highest BCUT2D eigenvalue weighted by Gasteiger charge is 2.41. The highest BCUT2D eigenvalue weighted by Crippen LogP contribution is 2.43. The minimum absolute atomic E-state index is 0.0328. The Hall–Kier alpha value is -3.98. The fraction of sp³-hybridized carbons (Fsp3) is 0.525. The van der Waals surface area contributed by atoms with E-state index in [0.717, 1.165) is 35.7 Å². The molecule has 4 aliphatic rings. The first-order valence-corrected chi connectivity index (χ1v) is 18.6. The molecule has 0 aliphatic carbocycles. The third-order valence-electron chi connectivity index (χ3n) is 10.9. The maximum absolute atomic E-state index is 13.7. The Morgan fingerprint density at radius 3 is 2.19 bits per heavy atom. The second-order valence-electron chi connectivity index (χ2n) is 16.0. The molecule has 0 aromatic heterocycles. The lowest BCUT2D eigenvalue weighted by atomic mass is 9.78. The Balaban J connectivity index is 1.07. The zero-order valence-corrected chi connectivity index (χ0v) is 32.8. The van der Waals surface area contributed by atoms with E-state index in [-0.39, 0.29) is 47.4 Å². The van der Waals surface area contributed by atoms with Crippen LogP contribution in [-0.4, -0.2) is 108 Å². The van der Waals surface area contributed by atoms with Gasteiger partial charge >= 0.3 is 0 Å². The number of hydrogen-bond donors (Lipinski definition) is 1. The van der Waals surface area contributed by atoms with E-state index in [1.165, 1.54) is 0 Å². The van der Waals surface area contributed by atoms with Crippen LogP contribution >= 0.6 is 0 Å². The van der Waals surface area contributed by atoms with Crippen LogP contribution in [0.5, 0.6) is 23.0 Å². The number of carbonyl (C=O) groups is 2. The third-order valence-corrected chi connectivity index (χ3v) is 11.3. The molecular weight excluding hydrogens is 675 g/mol. The van der Waals surface area contributed by atoms with E-state index in [1.54, 1.807) is 36.2 Å². The molecule has 11 nitrogen and oxygen atoms in total. The summed E-state index contributed by atoms with van der Waals surface area (Å²) in [7, 11) is 5.09. The quantitative estimate of drug-likeness (QED) is 0.241. The smallest absolute Gasteiger partial charge is 0.260 e. The van der Waals surface area contributed by atoms with E-state index < -0.39 is 0 Å². The normalized spacial score (nSPS) is 21.1. The van der Waals surface area contributed by atoms with Gasteiger partial charge in [0.2, 0.25) is 0 Å². The maximum Gasteiger partial charge on any atom is 0.260 e. The van der Waals surface area contributed by atoms with Crippen LogP contribution in [0.1, 0.15) is 87.4 Å². The van der Waals surface area contributed by atoms with Gasteiger partial charge in [-0.1, -0.05) is 33.3 Å². The van der Waals surface area contributed by atoms with Crippen molar-refractivity contribution >= 4 is 45.7 Å². The molecule has 0 saturated carbocycles. The second-order valence-corrected chi connectivity index (χ2v) is 16.8. The lowest BCUT2D eigenvalue weighted by Gasteiger charge is -2.34. The van der Waals surface area contributed by atoms with E-state index in [9.17, 15) is 14.7 Å². The summed E-state index contributed by atoms with van der Waals surface area (Å²) in [4.78, 5) is 37.2. The van der Waals surface area contributed by atoms with Crippen LogP contribution in [0.3, 0.4) is 0 Å². The monoisotopic (exact) mass is 726 g/mol. The molecule has 2 aromatic carbocycles. The highest BCUT2D eigenvalue weighted by molar-refractivity contribution is 6.22. The molecule has 276 valence electrons. The van der Waals surface area contributed by atoms with Crippen molar-refractivity contribution in [3.05, 3.63) is 57.8 Å². The van der Waals surface area contributed by atoms with E-state index >= 15 is 0 Å². The molecule has 0 bridgehead atoms. The number of aliphatic hydroxyl groups excluding tert-OH is 1. The van der Waals surface area contributed by atoms with Crippen molar-refractivity contribution in [3.63, 3.8) is 0 Å². The van der Waals surface area contributed by atoms with Crippen molar-refractivity contribution in [2.45, 2.75) is 84.8 Å². The van der Waals surface area contributed by atoms with Crippen LogP contribution < -0.4 is 23.8 Å². The standard InChI is InChI=1S/C40H51N4O7.Al/c1-25-16-26-21-41-29-19-35(33(48-7)17-27(29)37(46)44(26)22-25)51-24-40(4,5)12-11-39(2,3)13-15-50-36-20-31-28(18-34(36)49-8)38(47)43-14-9-10-30(43)32(23-45)42(31)6;/h14,17-22,26,30,32,45H,10-13,15-16,23-24H2,1-8H3;/t26?,30-,32?;/m0./s1. The average molecular weight is 727 g/mol. The summed E-state index contributed by atoms with van der Waals surface area (Å²) in [6, 6.07) is 6.69. The number of aliphatic imine (C=N–C) groups is 1. The van der Waals surface area contributed by atoms with Crippen LogP contribution in [0.25, 0.3) is 0 Å².